The van der Waals surface area contributed by atoms with Crippen LogP contribution in [0.5, 0.6) is 0 Å². The highest BCUT2D eigenvalue weighted by Crippen LogP contribution is 2.22. The summed E-state index contributed by atoms with van der Waals surface area (Å²) in [6.45, 7) is 3.11. The van der Waals surface area contributed by atoms with E-state index in [1.807, 2.05) is 31.2 Å². The van der Waals surface area contributed by atoms with Crippen molar-refractivity contribution in [3.63, 3.8) is 0 Å². The maximum absolute atomic E-state index is 11.4. The van der Waals surface area contributed by atoms with Gasteiger partial charge in [-0.1, -0.05) is 23.7 Å². The molecule has 1 atom stereocenters. The van der Waals surface area contributed by atoms with Crippen LogP contribution in [0.3, 0.4) is 0 Å². The van der Waals surface area contributed by atoms with Gasteiger partial charge in [-0.3, -0.25) is 4.79 Å². The number of nitrogens with two attached hydrogens (primary N) is 1. The highest BCUT2D eigenvalue weighted by Gasteiger charge is 2.12. The van der Waals surface area contributed by atoms with Crippen LogP contribution in [0.1, 0.15) is 31.2 Å². The minimum absolute atomic E-state index is 0.0768. The number of nitrogens with one attached hydrogen (secondary N) is 1. The molecule has 1 aromatic carbocycles. The van der Waals surface area contributed by atoms with Gasteiger partial charge < -0.3 is 11.1 Å². The van der Waals surface area contributed by atoms with E-state index in [4.69, 9.17) is 17.3 Å². The predicted octanol–water partition coefficient (Wildman–Crippen LogP) is 2.30. The lowest BCUT2D eigenvalue weighted by molar-refractivity contribution is -0.121. The molecular formula is C13H19ClN2O. The standard InChI is InChI=1S/C13H19ClN2O/c1-2-16-13(17)7-6-11(9-15)10-4-3-5-12(14)8-10/h3-5,8,11H,2,6-7,9,15H2,1H3,(H,16,17). The summed E-state index contributed by atoms with van der Waals surface area (Å²) in [6.07, 6.45) is 1.25. The van der Waals surface area contributed by atoms with Gasteiger partial charge in [-0.25, -0.2) is 0 Å². The largest absolute Gasteiger partial charge is 0.356 e. The zero-order valence-corrected chi connectivity index (χ0v) is 10.8. The molecule has 0 heterocycles. The van der Waals surface area contributed by atoms with E-state index >= 15 is 0 Å². The Hall–Kier alpha value is -1.06. The number of benzene rings is 1. The fourth-order valence-electron chi connectivity index (χ4n) is 1.77. The van der Waals surface area contributed by atoms with Crippen LogP contribution in [0.25, 0.3) is 0 Å². The number of hydrogen-bond acceptors (Lipinski definition) is 2. The molecule has 0 aliphatic carbocycles. The van der Waals surface area contributed by atoms with Gasteiger partial charge in [-0.15, -0.1) is 0 Å². The van der Waals surface area contributed by atoms with E-state index in [0.717, 1.165) is 12.0 Å². The van der Waals surface area contributed by atoms with Gasteiger partial charge in [0.25, 0.3) is 0 Å². The second kappa shape index (κ2) is 7.30. The molecule has 0 aromatic heterocycles. The molecule has 0 spiro atoms. The lowest BCUT2D eigenvalue weighted by Crippen LogP contribution is -2.24. The second-order valence-corrected chi connectivity index (χ2v) is 4.42. The maximum Gasteiger partial charge on any atom is 0.220 e. The Balaban J connectivity index is 2.57. The first-order chi connectivity index (χ1) is 8.17. The van der Waals surface area contributed by atoms with Crippen LogP contribution in [0.15, 0.2) is 24.3 Å². The summed E-state index contributed by atoms with van der Waals surface area (Å²) in [7, 11) is 0. The number of rotatable bonds is 6. The lowest BCUT2D eigenvalue weighted by atomic mass is 9.94. The molecule has 1 unspecified atom stereocenters. The highest BCUT2D eigenvalue weighted by molar-refractivity contribution is 6.30. The van der Waals surface area contributed by atoms with Crippen LogP contribution in [0.4, 0.5) is 0 Å². The fraction of sp³-hybridized carbons (Fsp3) is 0.462. The molecule has 0 bridgehead atoms. The third kappa shape index (κ3) is 4.75. The maximum atomic E-state index is 11.4. The van der Waals surface area contributed by atoms with Crippen molar-refractivity contribution >= 4 is 17.5 Å². The summed E-state index contributed by atoms with van der Waals surface area (Å²) in [4.78, 5) is 11.4. The third-order valence-electron chi connectivity index (χ3n) is 2.70. The topological polar surface area (TPSA) is 55.1 Å². The molecule has 0 saturated heterocycles. The average molecular weight is 255 g/mol. The van der Waals surface area contributed by atoms with Crippen molar-refractivity contribution in [1.82, 2.24) is 5.32 Å². The van der Waals surface area contributed by atoms with Gasteiger partial charge in [0.1, 0.15) is 0 Å². The van der Waals surface area contributed by atoms with Gasteiger partial charge in [0.15, 0.2) is 0 Å². The Kier molecular flexibility index (Phi) is 6.01. The summed E-state index contributed by atoms with van der Waals surface area (Å²) in [5, 5.41) is 3.49. The van der Waals surface area contributed by atoms with Crippen molar-refractivity contribution in [2.75, 3.05) is 13.1 Å². The first-order valence-corrected chi connectivity index (χ1v) is 6.27. The Morgan fingerprint density at radius 1 is 1.53 bits per heavy atom. The minimum atomic E-state index is 0.0768. The quantitative estimate of drug-likeness (QED) is 0.819. The molecule has 17 heavy (non-hydrogen) atoms. The van der Waals surface area contributed by atoms with Crippen LogP contribution in [0, 0.1) is 0 Å². The molecule has 4 heteroatoms. The van der Waals surface area contributed by atoms with Crippen LogP contribution in [-0.2, 0) is 4.79 Å². The van der Waals surface area contributed by atoms with Crippen LogP contribution < -0.4 is 11.1 Å². The van der Waals surface area contributed by atoms with E-state index in [0.29, 0.717) is 24.5 Å². The first-order valence-electron chi connectivity index (χ1n) is 5.89. The predicted molar refractivity (Wildman–Crippen MR) is 71.2 cm³/mol. The van der Waals surface area contributed by atoms with Crippen molar-refractivity contribution in [2.24, 2.45) is 5.73 Å². The average Bonchev–Trinajstić information content (AvgIpc) is 2.30. The van der Waals surface area contributed by atoms with Gasteiger partial charge in [0, 0.05) is 18.0 Å². The number of carbonyl (C=O) groups is 1. The third-order valence-corrected chi connectivity index (χ3v) is 2.93. The van der Waals surface area contributed by atoms with Crippen molar-refractivity contribution in [1.29, 1.82) is 0 Å². The van der Waals surface area contributed by atoms with Gasteiger partial charge >= 0.3 is 0 Å². The lowest BCUT2D eigenvalue weighted by Gasteiger charge is -2.15. The van der Waals surface area contributed by atoms with Crippen LogP contribution >= 0.6 is 11.6 Å². The van der Waals surface area contributed by atoms with Gasteiger partial charge in [-0.2, -0.15) is 0 Å². The molecule has 0 aliphatic rings. The molecule has 1 rings (SSSR count). The second-order valence-electron chi connectivity index (χ2n) is 3.98. The van der Waals surface area contributed by atoms with E-state index in [1.165, 1.54) is 0 Å². The molecule has 3 nitrogen and oxygen atoms in total. The van der Waals surface area contributed by atoms with E-state index in [9.17, 15) is 4.79 Å². The summed E-state index contributed by atoms with van der Waals surface area (Å²) in [6, 6.07) is 7.66. The van der Waals surface area contributed by atoms with Crippen LogP contribution in [0.2, 0.25) is 5.02 Å². The van der Waals surface area contributed by atoms with Crippen molar-refractivity contribution < 1.29 is 4.79 Å². The summed E-state index contributed by atoms with van der Waals surface area (Å²) in [5.41, 5.74) is 6.84. The monoisotopic (exact) mass is 254 g/mol. The summed E-state index contributed by atoms with van der Waals surface area (Å²) in [5.74, 6) is 0.268. The normalized spacial score (nSPS) is 12.2. The SMILES string of the molecule is CCNC(=O)CCC(CN)c1cccc(Cl)c1. The molecule has 0 radical (unpaired) electrons. The Bertz CT molecular complexity index is 368. The molecule has 0 saturated carbocycles. The summed E-state index contributed by atoms with van der Waals surface area (Å²) < 4.78 is 0. The number of carbonyl (C=O) groups excluding carboxylic acids is 1. The minimum Gasteiger partial charge on any atom is -0.356 e. The van der Waals surface area contributed by atoms with Crippen molar-refractivity contribution in [3.05, 3.63) is 34.9 Å². The van der Waals surface area contributed by atoms with E-state index in [2.05, 4.69) is 5.32 Å². The zero-order valence-electron chi connectivity index (χ0n) is 10.1. The smallest absolute Gasteiger partial charge is 0.220 e. The Labute approximate surface area is 107 Å². The van der Waals surface area contributed by atoms with E-state index in [1.54, 1.807) is 0 Å². The Morgan fingerprint density at radius 2 is 2.29 bits per heavy atom. The van der Waals surface area contributed by atoms with Crippen LogP contribution in [-0.4, -0.2) is 19.0 Å². The molecule has 94 valence electrons. The van der Waals surface area contributed by atoms with Gasteiger partial charge in [0.05, 0.1) is 0 Å². The number of halogens is 1. The fourth-order valence-corrected chi connectivity index (χ4v) is 1.97. The molecule has 0 fully saturated rings. The number of hydrogen-bond donors (Lipinski definition) is 2. The summed E-state index contributed by atoms with van der Waals surface area (Å²) >= 11 is 5.94. The van der Waals surface area contributed by atoms with Gasteiger partial charge in [0.2, 0.25) is 5.91 Å². The van der Waals surface area contributed by atoms with Gasteiger partial charge in [-0.05, 0) is 43.5 Å². The Morgan fingerprint density at radius 3 is 2.88 bits per heavy atom. The first kappa shape index (κ1) is 14.0. The molecule has 1 aromatic rings. The van der Waals surface area contributed by atoms with Crippen molar-refractivity contribution in [3.8, 4) is 0 Å². The van der Waals surface area contributed by atoms with Crippen molar-refractivity contribution in [2.45, 2.75) is 25.7 Å². The van der Waals surface area contributed by atoms with E-state index < -0.39 is 0 Å². The molecule has 1 amide bonds. The van der Waals surface area contributed by atoms with E-state index in [-0.39, 0.29) is 11.8 Å². The highest BCUT2D eigenvalue weighted by atomic mass is 35.5. The molecule has 0 aliphatic heterocycles. The number of amides is 1. The molecule has 3 N–H and O–H groups in total. The molecular weight excluding hydrogens is 236 g/mol. The zero-order chi connectivity index (χ0) is 12.7.